The number of carboxylic acids is 1. The van der Waals surface area contributed by atoms with Gasteiger partial charge in [-0.2, -0.15) is 0 Å². The zero-order chi connectivity index (χ0) is 19.4. The van der Waals surface area contributed by atoms with Crippen molar-refractivity contribution < 1.29 is 15.1 Å². The third-order valence-electron chi connectivity index (χ3n) is 3.82. The third kappa shape index (κ3) is 4.57. The van der Waals surface area contributed by atoms with E-state index in [0.717, 1.165) is 28.6 Å². The molecule has 140 valence electrons. The number of H-pyrrole nitrogens is 1. The summed E-state index contributed by atoms with van der Waals surface area (Å²) < 4.78 is 0. The third-order valence-corrected chi connectivity index (χ3v) is 4.65. The predicted octanol–water partition coefficient (Wildman–Crippen LogP) is 3.18. The summed E-state index contributed by atoms with van der Waals surface area (Å²) in [5.74, 6) is -0.552. The summed E-state index contributed by atoms with van der Waals surface area (Å²) in [4.78, 5) is 17.0. The van der Waals surface area contributed by atoms with Crippen LogP contribution in [0.4, 0.5) is 11.4 Å². The number of hydrogen-bond acceptors (Lipinski definition) is 7. The van der Waals surface area contributed by atoms with E-state index in [1.54, 1.807) is 6.07 Å². The number of carbonyl (C=O) groups is 1. The zero-order valence-corrected chi connectivity index (χ0v) is 15.6. The van der Waals surface area contributed by atoms with Gasteiger partial charge in [0.2, 0.25) is 5.16 Å². The van der Waals surface area contributed by atoms with Crippen molar-refractivity contribution in [1.82, 2.24) is 15.2 Å². The van der Waals surface area contributed by atoms with Gasteiger partial charge in [-0.15, -0.1) is 5.10 Å². The number of anilines is 2. The molecule has 0 unspecified atom stereocenters. The van der Waals surface area contributed by atoms with E-state index in [9.17, 15) is 10.0 Å². The first-order valence-corrected chi connectivity index (χ1v) is 9.05. The molecule has 0 fully saturated rings. The lowest BCUT2D eigenvalue weighted by Gasteiger charge is -2.14. The number of aromatic nitrogens is 3. The summed E-state index contributed by atoms with van der Waals surface area (Å²) in [5.41, 5.74) is 6.34. The Bertz CT molecular complexity index is 958. The molecular weight excluding hydrogens is 366 g/mol. The largest absolute Gasteiger partial charge is 0.481 e. The summed E-state index contributed by atoms with van der Waals surface area (Å²) in [6.07, 6.45) is 0. The molecule has 8 nitrogen and oxygen atoms in total. The number of nitrogens with zero attached hydrogens (tertiary/aromatic N) is 3. The number of nitrogens with one attached hydrogen (secondary N) is 2. The van der Waals surface area contributed by atoms with Crippen LogP contribution in [0.25, 0.3) is 22.5 Å². The van der Waals surface area contributed by atoms with Gasteiger partial charge in [-0.05, 0) is 41.5 Å². The minimum Gasteiger partial charge on any atom is -0.481 e. The normalized spacial score (nSPS) is 10.6. The van der Waals surface area contributed by atoms with E-state index >= 15 is 0 Å². The molecule has 3 aromatic rings. The first-order valence-electron chi connectivity index (χ1n) is 8.06. The molecule has 2 aromatic carbocycles. The van der Waals surface area contributed by atoms with Crippen molar-refractivity contribution >= 4 is 29.1 Å². The van der Waals surface area contributed by atoms with E-state index in [-0.39, 0.29) is 5.75 Å². The topological polar surface area (TPSA) is 114 Å². The van der Waals surface area contributed by atoms with Gasteiger partial charge in [-0.1, -0.05) is 23.9 Å². The molecule has 0 amide bonds. The molecule has 0 saturated heterocycles. The van der Waals surface area contributed by atoms with Crippen molar-refractivity contribution in [3.63, 3.8) is 0 Å². The second-order valence-electron chi connectivity index (χ2n) is 6.00. The van der Waals surface area contributed by atoms with Crippen LogP contribution in [0.3, 0.4) is 0 Å². The first-order chi connectivity index (χ1) is 13.0. The maximum Gasteiger partial charge on any atom is 0.313 e. The molecule has 0 aliphatic rings. The monoisotopic (exact) mass is 385 g/mol. The van der Waals surface area contributed by atoms with Gasteiger partial charge >= 0.3 is 5.97 Å². The number of aliphatic carboxylic acids is 1. The van der Waals surface area contributed by atoms with Crippen molar-refractivity contribution in [3.8, 4) is 22.5 Å². The lowest BCUT2D eigenvalue weighted by Crippen LogP contribution is -2.08. The number of carboxylic acid groups (broad SMARTS) is 1. The average Bonchev–Trinajstić information content (AvgIpc) is 3.15. The minimum atomic E-state index is -0.930. The lowest BCUT2D eigenvalue weighted by atomic mass is 10.0. The fourth-order valence-corrected chi connectivity index (χ4v) is 3.04. The van der Waals surface area contributed by atoms with Crippen LogP contribution in [-0.4, -0.2) is 51.3 Å². The standard InChI is InChI=1S/C18H19N5O3S/c1-23(2)15-5-3-4-11(9-15)12-6-13(8-14(7-12)22-26)17-19-18(21-20-17)27-10-16(24)25/h3-9,22,26H,10H2,1-2H3,(H,24,25)(H,19,20,21). The second-order valence-corrected chi connectivity index (χ2v) is 6.95. The van der Waals surface area contributed by atoms with Gasteiger partial charge in [0.05, 0.1) is 11.4 Å². The highest BCUT2D eigenvalue weighted by molar-refractivity contribution is 7.99. The Morgan fingerprint density at radius 3 is 2.67 bits per heavy atom. The Labute approximate surface area is 160 Å². The minimum absolute atomic E-state index is 0.113. The molecule has 0 radical (unpaired) electrons. The Hall–Kier alpha value is -3.04. The molecule has 4 N–H and O–H groups in total. The highest BCUT2D eigenvalue weighted by Gasteiger charge is 2.11. The maximum atomic E-state index is 10.7. The number of benzene rings is 2. The van der Waals surface area contributed by atoms with Crippen LogP contribution in [0.15, 0.2) is 47.6 Å². The molecule has 0 atom stereocenters. The molecule has 0 bridgehead atoms. The summed E-state index contributed by atoms with van der Waals surface area (Å²) >= 11 is 1.04. The SMILES string of the molecule is CN(C)c1cccc(-c2cc(NO)cc(-c3nc(SCC(=O)O)n[nH]3)c2)c1. The highest BCUT2D eigenvalue weighted by Crippen LogP contribution is 2.31. The van der Waals surface area contributed by atoms with E-state index in [0.29, 0.717) is 22.2 Å². The Kier molecular flexibility index (Phi) is 5.63. The van der Waals surface area contributed by atoms with Crippen LogP contribution in [0.5, 0.6) is 0 Å². The molecule has 0 saturated carbocycles. The summed E-state index contributed by atoms with van der Waals surface area (Å²) in [6.45, 7) is 0. The molecule has 3 rings (SSSR count). The van der Waals surface area contributed by atoms with Gasteiger partial charge in [0.25, 0.3) is 0 Å². The van der Waals surface area contributed by atoms with Gasteiger partial charge in [-0.25, -0.2) is 4.98 Å². The summed E-state index contributed by atoms with van der Waals surface area (Å²) in [5, 5.41) is 25.4. The van der Waals surface area contributed by atoms with E-state index in [1.807, 2.05) is 49.3 Å². The predicted molar refractivity (Wildman–Crippen MR) is 105 cm³/mol. The van der Waals surface area contributed by atoms with Gasteiger partial charge in [0.1, 0.15) is 0 Å². The molecular formula is C18H19N5O3S. The van der Waals surface area contributed by atoms with E-state index in [4.69, 9.17) is 5.11 Å². The number of rotatable bonds is 7. The first kappa shape index (κ1) is 18.7. The second kappa shape index (κ2) is 8.11. The van der Waals surface area contributed by atoms with E-state index in [1.165, 1.54) is 0 Å². The van der Waals surface area contributed by atoms with Gasteiger partial charge in [-0.3, -0.25) is 20.6 Å². The van der Waals surface area contributed by atoms with Crippen molar-refractivity contribution in [2.24, 2.45) is 0 Å². The number of aromatic amines is 1. The molecule has 27 heavy (non-hydrogen) atoms. The smallest absolute Gasteiger partial charge is 0.313 e. The van der Waals surface area contributed by atoms with Crippen LogP contribution < -0.4 is 10.4 Å². The number of hydrogen-bond donors (Lipinski definition) is 4. The lowest BCUT2D eigenvalue weighted by molar-refractivity contribution is -0.133. The Morgan fingerprint density at radius 2 is 1.96 bits per heavy atom. The number of thioether (sulfide) groups is 1. The molecule has 0 aliphatic heterocycles. The molecule has 0 spiro atoms. The summed E-state index contributed by atoms with van der Waals surface area (Å²) in [6, 6.07) is 13.5. The Morgan fingerprint density at radius 1 is 1.19 bits per heavy atom. The molecule has 1 heterocycles. The van der Waals surface area contributed by atoms with Gasteiger partial charge in [0.15, 0.2) is 5.82 Å². The van der Waals surface area contributed by atoms with E-state index < -0.39 is 5.97 Å². The quantitative estimate of drug-likeness (QED) is 0.362. The molecule has 1 aromatic heterocycles. The van der Waals surface area contributed by atoms with E-state index in [2.05, 4.69) is 26.7 Å². The van der Waals surface area contributed by atoms with Crippen molar-refractivity contribution in [3.05, 3.63) is 42.5 Å². The highest BCUT2D eigenvalue weighted by atomic mass is 32.2. The van der Waals surface area contributed by atoms with Crippen molar-refractivity contribution in [1.29, 1.82) is 0 Å². The zero-order valence-electron chi connectivity index (χ0n) is 14.8. The van der Waals surface area contributed by atoms with Crippen LogP contribution in [0.1, 0.15) is 0 Å². The average molecular weight is 385 g/mol. The van der Waals surface area contributed by atoms with Crippen molar-refractivity contribution in [2.45, 2.75) is 5.16 Å². The maximum absolute atomic E-state index is 10.7. The van der Waals surface area contributed by atoms with Crippen LogP contribution in [0, 0.1) is 0 Å². The molecule has 0 aliphatic carbocycles. The fraction of sp³-hybridized carbons (Fsp3) is 0.167. The van der Waals surface area contributed by atoms with Crippen LogP contribution in [0.2, 0.25) is 0 Å². The Balaban J connectivity index is 1.97. The van der Waals surface area contributed by atoms with Crippen molar-refractivity contribution in [2.75, 3.05) is 30.2 Å². The van der Waals surface area contributed by atoms with Gasteiger partial charge < -0.3 is 10.0 Å². The van der Waals surface area contributed by atoms with Crippen LogP contribution >= 0.6 is 11.8 Å². The van der Waals surface area contributed by atoms with Crippen LogP contribution in [-0.2, 0) is 4.79 Å². The molecule has 9 heteroatoms. The van der Waals surface area contributed by atoms with Gasteiger partial charge in [0, 0.05) is 25.3 Å². The fourth-order valence-electron chi connectivity index (χ4n) is 2.53. The summed E-state index contributed by atoms with van der Waals surface area (Å²) in [7, 11) is 3.95.